The monoisotopic (exact) mass is 461 g/mol. The van der Waals surface area contributed by atoms with Crippen LogP contribution in [0.15, 0.2) is 156 Å². The van der Waals surface area contributed by atoms with Crippen molar-refractivity contribution in [3.63, 3.8) is 0 Å². The van der Waals surface area contributed by atoms with Crippen molar-refractivity contribution < 1.29 is 4.42 Å². The first-order valence-electron chi connectivity index (χ1n) is 12.2. The third-order valence-corrected chi connectivity index (χ3v) is 6.53. The Morgan fingerprint density at radius 3 is 1.14 bits per heavy atom. The van der Waals surface area contributed by atoms with Crippen LogP contribution in [0.2, 0.25) is 0 Å². The minimum atomic E-state index is 0.849. The largest absolute Gasteiger partial charge is 0.360 e. The molecule has 36 heavy (non-hydrogen) atoms. The van der Waals surface area contributed by atoms with Crippen molar-refractivity contribution >= 4 is 0 Å². The molecule has 0 aliphatic heterocycles. The maximum Gasteiger partial charge on any atom is 0.360 e. The van der Waals surface area contributed by atoms with E-state index in [1.165, 1.54) is 22.3 Å². The fourth-order valence-corrected chi connectivity index (χ4v) is 4.59. The lowest BCUT2D eigenvalue weighted by atomic mass is 9.93. The standard InChI is InChI=1S/C35H25O/c1-4-10-26(11-5-1)28-16-20-30(21-17-28)33-24-35(32-14-8-3-9-15-32)36-25-34(33)31-22-18-29(19-23-31)27-12-6-2-7-13-27/h1-25H/q+1. The van der Waals surface area contributed by atoms with Gasteiger partial charge >= 0.3 is 12.0 Å². The van der Waals surface area contributed by atoms with Gasteiger partial charge in [0.1, 0.15) is 0 Å². The molecule has 5 aromatic carbocycles. The van der Waals surface area contributed by atoms with Gasteiger partial charge < -0.3 is 0 Å². The number of rotatable bonds is 5. The van der Waals surface area contributed by atoms with E-state index in [1.54, 1.807) is 0 Å². The Morgan fingerprint density at radius 1 is 0.306 bits per heavy atom. The Balaban J connectivity index is 1.43. The molecule has 170 valence electrons. The second-order valence-corrected chi connectivity index (χ2v) is 8.82. The van der Waals surface area contributed by atoms with Gasteiger partial charge in [-0.25, -0.2) is 4.42 Å². The van der Waals surface area contributed by atoms with Crippen LogP contribution in [0.3, 0.4) is 0 Å². The van der Waals surface area contributed by atoms with Crippen LogP contribution in [0.1, 0.15) is 0 Å². The van der Waals surface area contributed by atoms with E-state index in [0.29, 0.717) is 0 Å². The Kier molecular flexibility index (Phi) is 5.96. The van der Waals surface area contributed by atoms with Crippen molar-refractivity contribution in [3.05, 3.63) is 152 Å². The second kappa shape index (κ2) is 9.85. The van der Waals surface area contributed by atoms with E-state index in [-0.39, 0.29) is 0 Å². The molecule has 6 rings (SSSR count). The van der Waals surface area contributed by atoms with E-state index < -0.39 is 0 Å². The van der Waals surface area contributed by atoms with E-state index in [1.807, 2.05) is 36.6 Å². The molecular weight excluding hydrogens is 436 g/mol. The van der Waals surface area contributed by atoms with Gasteiger partial charge in [-0.1, -0.05) is 127 Å². The summed E-state index contributed by atoms with van der Waals surface area (Å²) in [7, 11) is 0. The second-order valence-electron chi connectivity index (χ2n) is 8.82. The van der Waals surface area contributed by atoms with Gasteiger partial charge in [0.15, 0.2) is 0 Å². The molecule has 0 bridgehead atoms. The summed E-state index contributed by atoms with van der Waals surface area (Å²) in [5.74, 6) is 0.849. The van der Waals surface area contributed by atoms with Gasteiger partial charge in [0, 0.05) is 5.56 Å². The van der Waals surface area contributed by atoms with Crippen LogP contribution >= 0.6 is 0 Å². The highest BCUT2D eigenvalue weighted by atomic mass is 16.3. The van der Waals surface area contributed by atoms with E-state index in [0.717, 1.165) is 33.6 Å². The third kappa shape index (κ3) is 4.47. The molecule has 0 amide bonds. The van der Waals surface area contributed by atoms with Crippen molar-refractivity contribution in [2.75, 3.05) is 0 Å². The summed E-state index contributed by atoms with van der Waals surface area (Å²) in [4.78, 5) is 0. The fourth-order valence-electron chi connectivity index (χ4n) is 4.59. The zero-order chi connectivity index (χ0) is 24.2. The Hall–Kier alpha value is -4.75. The SMILES string of the molecule is c1ccc(-c2ccc(-c3c[o+]c(-c4ccccc4)cc3-c3ccc(-c4ccccc4)cc3)cc2)cc1. The molecule has 6 aromatic rings. The first-order chi connectivity index (χ1) is 17.8. The maximum absolute atomic E-state index is 6.17. The maximum atomic E-state index is 6.17. The van der Waals surface area contributed by atoms with Crippen LogP contribution in [-0.4, -0.2) is 0 Å². The van der Waals surface area contributed by atoms with Crippen molar-refractivity contribution in [1.29, 1.82) is 0 Å². The summed E-state index contributed by atoms with van der Waals surface area (Å²) in [6.45, 7) is 0. The topological polar surface area (TPSA) is 11.3 Å². The van der Waals surface area contributed by atoms with Gasteiger partial charge in [0.2, 0.25) is 0 Å². The van der Waals surface area contributed by atoms with E-state index in [9.17, 15) is 0 Å². The Labute approximate surface area is 212 Å². The summed E-state index contributed by atoms with van der Waals surface area (Å²) in [5.41, 5.74) is 10.4. The minimum Gasteiger partial charge on any atom is -0.215 e. The van der Waals surface area contributed by atoms with Crippen LogP contribution in [0.4, 0.5) is 0 Å². The average Bonchev–Trinajstić information content (AvgIpc) is 2.98. The predicted molar refractivity (Wildman–Crippen MR) is 150 cm³/mol. The first-order valence-corrected chi connectivity index (χ1v) is 12.2. The van der Waals surface area contributed by atoms with E-state index in [4.69, 9.17) is 4.42 Å². The van der Waals surface area contributed by atoms with Crippen molar-refractivity contribution in [2.24, 2.45) is 0 Å². The molecule has 0 N–H and O–H groups in total. The van der Waals surface area contributed by atoms with Gasteiger partial charge in [0.05, 0.1) is 17.2 Å². The molecule has 0 aliphatic rings. The Morgan fingerprint density at radius 2 is 0.667 bits per heavy atom. The fraction of sp³-hybridized carbons (Fsp3) is 0. The normalized spacial score (nSPS) is 10.8. The van der Waals surface area contributed by atoms with Crippen molar-refractivity contribution in [1.82, 2.24) is 0 Å². The lowest BCUT2D eigenvalue weighted by molar-refractivity contribution is 0.568. The smallest absolute Gasteiger partial charge is 0.215 e. The molecule has 1 aromatic heterocycles. The zero-order valence-corrected chi connectivity index (χ0v) is 19.8. The van der Waals surface area contributed by atoms with Gasteiger partial charge in [-0.3, -0.25) is 0 Å². The number of benzene rings is 5. The molecule has 0 fully saturated rings. The quantitative estimate of drug-likeness (QED) is 0.232. The molecule has 0 saturated heterocycles. The van der Waals surface area contributed by atoms with E-state index in [2.05, 4.69) is 115 Å². The Bertz CT molecular complexity index is 1570. The number of hydrogen-bond acceptors (Lipinski definition) is 0. The number of hydrogen-bond donors (Lipinski definition) is 0. The summed E-state index contributed by atoms with van der Waals surface area (Å²) in [6.07, 6.45) is 1.89. The van der Waals surface area contributed by atoms with Crippen LogP contribution in [0, 0.1) is 0 Å². The minimum absolute atomic E-state index is 0.849. The van der Waals surface area contributed by atoms with Gasteiger partial charge in [-0.05, 0) is 45.5 Å². The lowest BCUT2D eigenvalue weighted by Gasteiger charge is -2.09. The van der Waals surface area contributed by atoms with Crippen molar-refractivity contribution in [2.45, 2.75) is 0 Å². The average molecular weight is 462 g/mol. The first kappa shape index (κ1) is 21.8. The zero-order valence-electron chi connectivity index (χ0n) is 19.8. The lowest BCUT2D eigenvalue weighted by Crippen LogP contribution is -1.89. The highest BCUT2D eigenvalue weighted by Crippen LogP contribution is 2.37. The van der Waals surface area contributed by atoms with Gasteiger partial charge in [-0.2, -0.15) is 0 Å². The van der Waals surface area contributed by atoms with Gasteiger partial charge in [0.25, 0.3) is 0 Å². The summed E-state index contributed by atoms with van der Waals surface area (Å²) in [5, 5.41) is 0. The van der Waals surface area contributed by atoms with Crippen LogP contribution in [-0.2, 0) is 0 Å². The molecule has 0 radical (unpaired) electrons. The van der Waals surface area contributed by atoms with Gasteiger partial charge in [-0.15, -0.1) is 0 Å². The van der Waals surface area contributed by atoms with Crippen molar-refractivity contribution in [3.8, 4) is 55.8 Å². The third-order valence-electron chi connectivity index (χ3n) is 6.53. The van der Waals surface area contributed by atoms with Crippen LogP contribution in [0.25, 0.3) is 55.8 Å². The molecule has 0 spiro atoms. The van der Waals surface area contributed by atoms with Crippen LogP contribution in [0.5, 0.6) is 0 Å². The summed E-state index contributed by atoms with van der Waals surface area (Å²) in [6, 6.07) is 50.9. The molecule has 0 unspecified atom stereocenters. The predicted octanol–water partition coefficient (Wildman–Crippen LogP) is 9.90. The summed E-state index contributed by atoms with van der Waals surface area (Å²) < 4.78 is 6.17. The van der Waals surface area contributed by atoms with E-state index >= 15 is 0 Å². The molecular formula is C35H25O+. The molecule has 1 heteroatoms. The van der Waals surface area contributed by atoms with Crippen LogP contribution < -0.4 is 0 Å². The highest BCUT2D eigenvalue weighted by molar-refractivity contribution is 5.86. The molecule has 0 atom stereocenters. The highest BCUT2D eigenvalue weighted by Gasteiger charge is 2.19. The summed E-state index contributed by atoms with van der Waals surface area (Å²) >= 11 is 0. The molecule has 1 heterocycles. The molecule has 0 aliphatic carbocycles. The molecule has 1 nitrogen and oxygen atoms in total. The molecule has 0 saturated carbocycles.